The molecule has 2 aliphatic heterocycles. The zero-order valence-electron chi connectivity index (χ0n) is 14.8. The molecule has 2 aliphatic rings. The number of amides is 2. The third-order valence-electron chi connectivity index (χ3n) is 5.00. The Balaban J connectivity index is 1.56. The van der Waals surface area contributed by atoms with E-state index in [0.717, 1.165) is 24.1 Å². The van der Waals surface area contributed by atoms with E-state index in [4.69, 9.17) is 4.74 Å². The number of hydrogen-bond donors (Lipinski definition) is 1. The van der Waals surface area contributed by atoms with Crippen LogP contribution in [0.15, 0.2) is 48.5 Å². The molecule has 4 rings (SSSR count). The highest BCUT2D eigenvalue weighted by Gasteiger charge is 2.33. The molecule has 5 heteroatoms. The van der Waals surface area contributed by atoms with Crippen LogP contribution < -0.4 is 10.1 Å². The van der Waals surface area contributed by atoms with Crippen molar-refractivity contribution < 1.29 is 14.3 Å². The predicted octanol–water partition coefficient (Wildman–Crippen LogP) is 3.05. The van der Waals surface area contributed by atoms with Crippen LogP contribution in [-0.4, -0.2) is 35.8 Å². The zero-order chi connectivity index (χ0) is 18.1. The Morgan fingerprint density at radius 1 is 1.15 bits per heavy atom. The summed E-state index contributed by atoms with van der Waals surface area (Å²) in [6.45, 7) is 3.28. The van der Waals surface area contributed by atoms with E-state index in [1.165, 1.54) is 0 Å². The fourth-order valence-corrected chi connectivity index (χ4v) is 3.79. The first-order chi connectivity index (χ1) is 12.6. The van der Waals surface area contributed by atoms with Crippen LogP contribution in [0.4, 0.5) is 0 Å². The van der Waals surface area contributed by atoms with Gasteiger partial charge in [0.25, 0.3) is 0 Å². The Labute approximate surface area is 153 Å². The topological polar surface area (TPSA) is 58.6 Å². The van der Waals surface area contributed by atoms with Gasteiger partial charge in [-0.15, -0.1) is 0 Å². The minimum Gasteiger partial charge on any atom is -0.457 e. The van der Waals surface area contributed by atoms with Gasteiger partial charge >= 0.3 is 0 Å². The minimum atomic E-state index is -0.409. The summed E-state index contributed by atoms with van der Waals surface area (Å²) in [4.78, 5) is 26.8. The molecule has 5 nitrogen and oxygen atoms in total. The number of benzene rings is 2. The molecule has 2 aromatic rings. The van der Waals surface area contributed by atoms with Crippen molar-refractivity contribution in [2.75, 3.05) is 13.1 Å². The van der Waals surface area contributed by atoms with Crippen molar-refractivity contribution in [2.45, 2.75) is 31.7 Å². The maximum absolute atomic E-state index is 13.1. The van der Waals surface area contributed by atoms with E-state index < -0.39 is 5.92 Å². The normalized spacial score (nSPS) is 17.3. The van der Waals surface area contributed by atoms with Gasteiger partial charge < -0.3 is 15.0 Å². The number of ether oxygens (including phenoxy) is 1. The van der Waals surface area contributed by atoms with Crippen molar-refractivity contribution in [1.82, 2.24) is 10.2 Å². The summed E-state index contributed by atoms with van der Waals surface area (Å²) in [6.07, 6.45) is 1.52. The Morgan fingerprint density at radius 3 is 2.35 bits per heavy atom. The van der Waals surface area contributed by atoms with Gasteiger partial charge in [0.15, 0.2) is 0 Å². The van der Waals surface area contributed by atoms with Crippen LogP contribution in [0.3, 0.4) is 0 Å². The fraction of sp³-hybridized carbons (Fsp3) is 0.333. The number of para-hydroxylation sites is 2. The monoisotopic (exact) mass is 350 g/mol. The van der Waals surface area contributed by atoms with E-state index >= 15 is 0 Å². The number of likely N-dealkylation sites (tertiary alicyclic amines) is 1. The van der Waals surface area contributed by atoms with E-state index in [9.17, 15) is 9.59 Å². The molecular formula is C21H22N2O3. The summed E-state index contributed by atoms with van der Waals surface area (Å²) >= 11 is 0. The molecule has 0 unspecified atom stereocenters. The van der Waals surface area contributed by atoms with Crippen molar-refractivity contribution in [3.8, 4) is 11.5 Å². The van der Waals surface area contributed by atoms with Gasteiger partial charge in [-0.1, -0.05) is 36.4 Å². The van der Waals surface area contributed by atoms with E-state index in [1.807, 2.05) is 60.4 Å². The summed E-state index contributed by atoms with van der Waals surface area (Å²) in [7, 11) is 0. The lowest BCUT2D eigenvalue weighted by molar-refractivity contribution is -0.129. The molecule has 0 spiro atoms. The molecule has 1 N–H and O–H groups in total. The summed E-state index contributed by atoms with van der Waals surface area (Å²) in [6, 6.07) is 15.2. The van der Waals surface area contributed by atoms with E-state index in [2.05, 4.69) is 5.32 Å². The van der Waals surface area contributed by atoms with Crippen LogP contribution in [0.5, 0.6) is 11.5 Å². The van der Waals surface area contributed by atoms with Crippen LogP contribution in [-0.2, 0) is 9.59 Å². The van der Waals surface area contributed by atoms with Gasteiger partial charge in [-0.3, -0.25) is 9.59 Å². The lowest BCUT2D eigenvalue weighted by Gasteiger charge is -2.29. The zero-order valence-corrected chi connectivity index (χ0v) is 14.8. The maximum atomic E-state index is 13.1. The Hall–Kier alpha value is -2.82. The average Bonchev–Trinajstić information content (AvgIpc) is 3.04. The number of rotatable bonds is 4. The highest BCUT2D eigenvalue weighted by atomic mass is 16.5. The number of fused-ring (bicyclic) bond motifs is 2. The van der Waals surface area contributed by atoms with Crippen LogP contribution in [0.2, 0.25) is 0 Å². The predicted molar refractivity (Wildman–Crippen MR) is 98.2 cm³/mol. The fourth-order valence-electron chi connectivity index (χ4n) is 3.79. The Morgan fingerprint density at radius 2 is 1.77 bits per heavy atom. The molecule has 1 saturated heterocycles. The van der Waals surface area contributed by atoms with Crippen LogP contribution in [0.25, 0.3) is 0 Å². The Kier molecular flexibility index (Phi) is 4.37. The van der Waals surface area contributed by atoms with Gasteiger partial charge in [0.05, 0.1) is 5.92 Å². The molecule has 26 heavy (non-hydrogen) atoms. The van der Waals surface area contributed by atoms with Gasteiger partial charge in [-0.25, -0.2) is 0 Å². The highest BCUT2D eigenvalue weighted by Crippen LogP contribution is 2.43. The first kappa shape index (κ1) is 16.6. The highest BCUT2D eigenvalue weighted by molar-refractivity contribution is 5.90. The maximum Gasteiger partial charge on any atom is 0.232 e. The van der Waals surface area contributed by atoms with Crippen molar-refractivity contribution in [3.05, 3.63) is 59.7 Å². The first-order valence-electron chi connectivity index (χ1n) is 9.07. The van der Waals surface area contributed by atoms with Crippen molar-refractivity contribution in [3.63, 3.8) is 0 Å². The molecule has 2 aromatic carbocycles. The van der Waals surface area contributed by atoms with Crippen LogP contribution >= 0.6 is 0 Å². The molecule has 2 amide bonds. The van der Waals surface area contributed by atoms with Gasteiger partial charge in [0.1, 0.15) is 11.5 Å². The second kappa shape index (κ2) is 6.83. The molecular weight excluding hydrogens is 328 g/mol. The minimum absolute atomic E-state index is 0.0626. The molecule has 0 aliphatic carbocycles. The van der Waals surface area contributed by atoms with Crippen molar-refractivity contribution in [1.29, 1.82) is 0 Å². The third kappa shape index (κ3) is 3.05. The first-order valence-corrected chi connectivity index (χ1v) is 9.07. The molecule has 134 valence electrons. The number of carbonyl (C=O) groups excluding carboxylic acids is 2. The smallest absolute Gasteiger partial charge is 0.232 e. The SMILES string of the molecule is C[C@H](CN1CCCC1=O)NC(=O)C1c2ccccc2Oc2ccccc21. The van der Waals surface area contributed by atoms with Gasteiger partial charge in [-0.05, 0) is 25.5 Å². The molecule has 0 saturated carbocycles. The molecule has 0 bridgehead atoms. The Bertz CT molecular complexity index is 803. The molecule has 1 fully saturated rings. The van der Waals surface area contributed by atoms with Gasteiger partial charge in [0, 0.05) is 36.7 Å². The van der Waals surface area contributed by atoms with E-state index in [0.29, 0.717) is 24.5 Å². The second-order valence-electron chi connectivity index (χ2n) is 6.96. The van der Waals surface area contributed by atoms with Crippen LogP contribution in [0.1, 0.15) is 36.8 Å². The summed E-state index contributed by atoms with van der Waals surface area (Å²) in [5.41, 5.74) is 1.74. The average molecular weight is 350 g/mol. The number of hydrogen-bond acceptors (Lipinski definition) is 3. The van der Waals surface area contributed by atoms with Crippen molar-refractivity contribution in [2.24, 2.45) is 0 Å². The third-order valence-corrected chi connectivity index (χ3v) is 5.00. The lowest BCUT2D eigenvalue weighted by atomic mass is 9.87. The van der Waals surface area contributed by atoms with Gasteiger partial charge in [-0.2, -0.15) is 0 Å². The lowest BCUT2D eigenvalue weighted by Crippen LogP contribution is -2.44. The standard InChI is InChI=1S/C21H22N2O3/c1-14(13-23-12-6-11-19(23)24)22-21(25)20-15-7-2-4-9-17(15)26-18-10-5-3-8-16(18)20/h2-5,7-10,14,20H,6,11-13H2,1H3,(H,22,25)/t14-/m1/s1. The molecule has 0 aromatic heterocycles. The number of nitrogens with zero attached hydrogens (tertiary/aromatic N) is 1. The van der Waals surface area contributed by atoms with E-state index in [-0.39, 0.29) is 17.9 Å². The van der Waals surface area contributed by atoms with Crippen LogP contribution in [0, 0.1) is 0 Å². The van der Waals surface area contributed by atoms with Crippen molar-refractivity contribution >= 4 is 11.8 Å². The quantitative estimate of drug-likeness (QED) is 0.922. The molecule has 1 atom stereocenters. The second-order valence-corrected chi connectivity index (χ2v) is 6.96. The summed E-state index contributed by atoms with van der Waals surface area (Å²) in [5.74, 6) is 1.13. The largest absolute Gasteiger partial charge is 0.457 e. The molecule has 0 radical (unpaired) electrons. The summed E-state index contributed by atoms with van der Waals surface area (Å²) < 4.78 is 5.95. The number of nitrogens with one attached hydrogen (secondary N) is 1. The van der Waals surface area contributed by atoms with Gasteiger partial charge in [0.2, 0.25) is 11.8 Å². The molecule has 2 heterocycles. The number of carbonyl (C=O) groups is 2. The van der Waals surface area contributed by atoms with E-state index in [1.54, 1.807) is 0 Å². The summed E-state index contributed by atoms with van der Waals surface area (Å²) in [5, 5.41) is 3.09.